The highest BCUT2D eigenvalue weighted by molar-refractivity contribution is 5.80. The number of benzene rings is 3. The Morgan fingerprint density at radius 3 is 1.92 bits per heavy atom. The number of carbonyl (C=O) groups is 2. The number of anilines is 1. The van der Waals surface area contributed by atoms with Crippen LogP contribution in [-0.2, 0) is 27.5 Å². The van der Waals surface area contributed by atoms with Crippen LogP contribution in [0.1, 0.15) is 70.4 Å². The maximum absolute atomic E-state index is 13.3. The molecular formula is C42H49N3O5. The molecule has 4 aromatic rings. The third-order valence-corrected chi connectivity index (χ3v) is 9.47. The first-order chi connectivity index (χ1) is 24.2. The zero-order valence-corrected chi connectivity index (χ0v) is 29.5. The molecule has 0 atom stereocenters. The molecule has 1 aliphatic heterocycles. The maximum Gasteiger partial charge on any atom is 0.309 e. The van der Waals surface area contributed by atoms with Crippen molar-refractivity contribution in [3.05, 3.63) is 108 Å². The number of hydrogen-bond acceptors (Lipinski definition) is 7. The Bertz CT molecular complexity index is 1690. The molecule has 0 unspecified atom stereocenters. The van der Waals surface area contributed by atoms with Crippen molar-refractivity contribution in [2.24, 2.45) is 11.8 Å². The largest absolute Gasteiger partial charge is 0.473 e. The van der Waals surface area contributed by atoms with Gasteiger partial charge in [-0.3, -0.25) is 9.59 Å². The molecule has 2 heterocycles. The quantitative estimate of drug-likeness (QED) is 0.160. The number of piperidine rings is 1. The highest BCUT2D eigenvalue weighted by Crippen LogP contribution is 2.34. The minimum absolute atomic E-state index is 0.0509. The average Bonchev–Trinajstić information content (AvgIpc) is 3.14. The van der Waals surface area contributed by atoms with Crippen molar-refractivity contribution >= 4 is 17.6 Å². The lowest BCUT2D eigenvalue weighted by Crippen LogP contribution is -2.45. The zero-order chi connectivity index (χ0) is 34.9. The molecule has 2 fully saturated rings. The van der Waals surface area contributed by atoms with E-state index in [1.165, 1.54) is 0 Å². The molecule has 8 nitrogen and oxygen atoms in total. The van der Waals surface area contributed by atoms with Crippen LogP contribution in [0, 0.1) is 11.8 Å². The minimum atomic E-state index is -0.484. The van der Waals surface area contributed by atoms with Gasteiger partial charge >= 0.3 is 5.97 Å². The number of nitrogens with one attached hydrogen (secondary N) is 1. The Morgan fingerprint density at radius 2 is 1.32 bits per heavy atom. The van der Waals surface area contributed by atoms with E-state index in [9.17, 15) is 9.59 Å². The number of rotatable bonds is 11. The fourth-order valence-corrected chi connectivity index (χ4v) is 6.74. The number of ether oxygens (including phenoxy) is 3. The van der Waals surface area contributed by atoms with E-state index < -0.39 is 5.60 Å². The number of hydrogen-bond donors (Lipinski definition) is 1. The summed E-state index contributed by atoms with van der Waals surface area (Å²) < 4.78 is 17.9. The Labute approximate surface area is 296 Å². The van der Waals surface area contributed by atoms with Gasteiger partial charge in [-0.15, -0.1) is 0 Å². The molecule has 262 valence electrons. The predicted octanol–water partition coefficient (Wildman–Crippen LogP) is 8.46. The van der Waals surface area contributed by atoms with Crippen molar-refractivity contribution in [1.82, 2.24) is 9.88 Å². The number of pyridine rings is 1. The van der Waals surface area contributed by atoms with Crippen molar-refractivity contribution < 1.29 is 23.8 Å². The van der Waals surface area contributed by atoms with Crippen molar-refractivity contribution in [2.75, 3.05) is 18.4 Å². The van der Waals surface area contributed by atoms with Crippen LogP contribution in [0.5, 0.6) is 11.8 Å². The third kappa shape index (κ3) is 9.65. The Kier molecular flexibility index (Phi) is 11.4. The molecule has 50 heavy (non-hydrogen) atoms. The van der Waals surface area contributed by atoms with Crippen LogP contribution in [0.15, 0.2) is 97.1 Å². The van der Waals surface area contributed by atoms with Crippen LogP contribution in [0.3, 0.4) is 0 Å². The summed E-state index contributed by atoms with van der Waals surface area (Å²) in [5.41, 5.74) is 4.61. The molecular weight excluding hydrogens is 626 g/mol. The van der Waals surface area contributed by atoms with Crippen LogP contribution in [0.25, 0.3) is 11.1 Å². The second kappa shape index (κ2) is 16.2. The summed E-state index contributed by atoms with van der Waals surface area (Å²) in [6.45, 7) is 7.77. The smallest absolute Gasteiger partial charge is 0.309 e. The molecule has 0 bridgehead atoms. The van der Waals surface area contributed by atoms with E-state index in [4.69, 9.17) is 19.2 Å². The average molecular weight is 676 g/mol. The molecule has 0 spiro atoms. The maximum atomic E-state index is 13.3. The molecule has 6 rings (SSSR count). The fraction of sp³-hybridized carbons (Fsp3) is 0.405. The molecule has 8 heteroatoms. The number of nitrogens with zero attached hydrogens (tertiary/aromatic N) is 2. The number of likely N-dealkylation sites (tertiary alicyclic amines) is 1. The van der Waals surface area contributed by atoms with Gasteiger partial charge in [-0.05, 0) is 94.2 Å². The highest BCUT2D eigenvalue weighted by atomic mass is 16.6. The summed E-state index contributed by atoms with van der Waals surface area (Å²) in [4.78, 5) is 32.6. The first-order valence-electron chi connectivity index (χ1n) is 17.9. The summed E-state index contributed by atoms with van der Waals surface area (Å²) in [6, 6.07) is 32.7. The molecule has 1 aromatic heterocycles. The van der Waals surface area contributed by atoms with Gasteiger partial charge in [-0.2, -0.15) is 4.98 Å². The summed E-state index contributed by atoms with van der Waals surface area (Å²) in [7, 11) is 0. The van der Waals surface area contributed by atoms with E-state index in [-0.39, 0.29) is 23.7 Å². The van der Waals surface area contributed by atoms with Crippen LogP contribution in [0.4, 0.5) is 5.69 Å². The SMILES string of the molecule is CC(C)(C)OC(=O)C1CCN(C(=O)[C@H]2CC[C@H](Nc3ccc(-c4ccc(OCc5ccccc5)nc4OCc4ccccc4)cc3)CC2)CC1. The van der Waals surface area contributed by atoms with Gasteiger partial charge in [0.15, 0.2) is 0 Å². The zero-order valence-electron chi connectivity index (χ0n) is 29.5. The molecule has 3 aromatic carbocycles. The molecule has 0 radical (unpaired) electrons. The molecule has 1 N–H and O–H groups in total. The number of carbonyl (C=O) groups excluding carboxylic acids is 2. The minimum Gasteiger partial charge on any atom is -0.473 e. The van der Waals surface area contributed by atoms with Gasteiger partial charge in [0.1, 0.15) is 18.8 Å². The number of aromatic nitrogens is 1. The molecule has 2 aliphatic rings. The van der Waals surface area contributed by atoms with Gasteiger partial charge in [0.05, 0.1) is 5.92 Å². The Hall–Kier alpha value is -4.85. The van der Waals surface area contributed by atoms with Crippen molar-refractivity contribution in [2.45, 2.75) is 84.2 Å². The summed E-state index contributed by atoms with van der Waals surface area (Å²) >= 11 is 0. The van der Waals surface area contributed by atoms with Gasteiger partial charge in [-0.1, -0.05) is 72.8 Å². The van der Waals surface area contributed by atoms with Gasteiger partial charge in [-0.25, -0.2) is 0 Å². The summed E-state index contributed by atoms with van der Waals surface area (Å²) in [5, 5.41) is 3.69. The van der Waals surface area contributed by atoms with Gasteiger partial charge in [0.2, 0.25) is 17.7 Å². The van der Waals surface area contributed by atoms with E-state index >= 15 is 0 Å². The standard InChI is InChI=1S/C42H49N3O5/c1-42(2,3)50-41(47)34-24-26-45(27-25-34)40(46)33-16-20-36(21-17-33)43-35-18-14-32(15-19-35)37-22-23-38(48-28-30-10-6-4-7-11-30)44-39(37)49-29-31-12-8-5-9-13-31/h4-15,18-19,22-23,33-34,36,43H,16-17,20-21,24-29H2,1-3H3/t33-,36-. The second-order valence-electron chi connectivity index (χ2n) is 14.5. The van der Waals surface area contributed by atoms with Crippen molar-refractivity contribution in [3.63, 3.8) is 0 Å². The molecule has 1 aliphatic carbocycles. The fourth-order valence-electron chi connectivity index (χ4n) is 6.74. The van der Waals surface area contributed by atoms with E-state index in [2.05, 4.69) is 29.6 Å². The predicted molar refractivity (Wildman–Crippen MR) is 196 cm³/mol. The lowest BCUT2D eigenvalue weighted by Gasteiger charge is -2.36. The first kappa shape index (κ1) is 35.0. The van der Waals surface area contributed by atoms with E-state index in [1.54, 1.807) is 0 Å². The second-order valence-corrected chi connectivity index (χ2v) is 14.5. The third-order valence-electron chi connectivity index (χ3n) is 9.47. The van der Waals surface area contributed by atoms with Gasteiger partial charge < -0.3 is 24.4 Å². The monoisotopic (exact) mass is 675 g/mol. The summed E-state index contributed by atoms with van der Waals surface area (Å²) in [5.74, 6) is 1.07. The molecule has 1 amide bonds. The van der Waals surface area contributed by atoms with Gasteiger partial charge in [0.25, 0.3) is 0 Å². The van der Waals surface area contributed by atoms with Gasteiger partial charge in [0, 0.05) is 42.4 Å². The van der Waals surface area contributed by atoms with Crippen LogP contribution < -0.4 is 14.8 Å². The molecule has 1 saturated carbocycles. The van der Waals surface area contributed by atoms with Crippen LogP contribution >= 0.6 is 0 Å². The van der Waals surface area contributed by atoms with E-state index in [0.717, 1.165) is 53.6 Å². The van der Waals surface area contributed by atoms with Crippen LogP contribution in [-0.4, -0.2) is 46.5 Å². The topological polar surface area (TPSA) is 90.0 Å². The Balaban J connectivity index is 1.02. The summed E-state index contributed by atoms with van der Waals surface area (Å²) in [6.07, 6.45) is 4.98. The highest BCUT2D eigenvalue weighted by Gasteiger charge is 2.34. The Morgan fingerprint density at radius 1 is 0.720 bits per heavy atom. The number of amides is 1. The number of esters is 1. The van der Waals surface area contributed by atoms with Crippen molar-refractivity contribution in [3.8, 4) is 22.9 Å². The van der Waals surface area contributed by atoms with E-state index in [0.29, 0.717) is 56.9 Å². The first-order valence-corrected chi connectivity index (χ1v) is 17.9. The lowest BCUT2D eigenvalue weighted by molar-refractivity contribution is -0.162. The van der Waals surface area contributed by atoms with Crippen LogP contribution in [0.2, 0.25) is 0 Å². The normalized spacial score (nSPS) is 18.3. The van der Waals surface area contributed by atoms with Crippen molar-refractivity contribution in [1.29, 1.82) is 0 Å². The molecule has 1 saturated heterocycles. The van der Waals surface area contributed by atoms with E-state index in [1.807, 2.05) is 98.5 Å². The lowest BCUT2D eigenvalue weighted by atomic mass is 9.84.